The van der Waals surface area contributed by atoms with E-state index in [1.54, 1.807) is 0 Å². The molecule has 45 heavy (non-hydrogen) atoms. The summed E-state index contributed by atoms with van der Waals surface area (Å²) in [5.41, 5.74) is 14.8. The maximum atomic E-state index is 10.7. The minimum atomic E-state index is -0.120. The number of hydrogen-bond acceptors (Lipinski definition) is 4. The van der Waals surface area contributed by atoms with Crippen LogP contribution < -0.4 is 0 Å². The summed E-state index contributed by atoms with van der Waals surface area (Å²) in [6.45, 7) is 17.8. The summed E-state index contributed by atoms with van der Waals surface area (Å²) in [5.74, 6) is 0.925. The largest absolute Gasteiger partial charge is 0.508 e. The highest BCUT2D eigenvalue weighted by Gasteiger charge is 2.26. The quantitative estimate of drug-likeness (QED) is 0.146. The zero-order chi connectivity index (χ0) is 32.9. The summed E-state index contributed by atoms with van der Waals surface area (Å²) in [5, 5.41) is 42.2. The van der Waals surface area contributed by atoms with E-state index in [0.717, 1.165) is 83.5 Å². The van der Waals surface area contributed by atoms with Gasteiger partial charge in [0.1, 0.15) is 23.0 Å². The third-order valence-electron chi connectivity index (χ3n) is 9.70. The van der Waals surface area contributed by atoms with Gasteiger partial charge in [0, 0.05) is 11.8 Å². The zero-order valence-corrected chi connectivity index (χ0v) is 27.8. The molecule has 0 radical (unpaired) electrons. The van der Waals surface area contributed by atoms with E-state index in [4.69, 9.17) is 0 Å². The molecule has 5 rings (SSSR count). The molecule has 1 atom stereocenters. The lowest BCUT2D eigenvalue weighted by molar-refractivity contribution is 0.465. The van der Waals surface area contributed by atoms with Crippen LogP contribution >= 0.6 is 0 Å². The predicted molar refractivity (Wildman–Crippen MR) is 183 cm³/mol. The van der Waals surface area contributed by atoms with E-state index in [0.29, 0.717) is 5.75 Å². The van der Waals surface area contributed by atoms with Gasteiger partial charge in [-0.25, -0.2) is 0 Å². The van der Waals surface area contributed by atoms with Crippen LogP contribution in [0.1, 0.15) is 95.3 Å². The second kappa shape index (κ2) is 12.0. The smallest absolute Gasteiger partial charge is 0.121 e. The standard InChI is InChI=1S/C41H44O4/c1-21-18-36(42)24(4)14-32(21)39(33-15-25(5)37(43)19-22(33)2)30-10-12-31(13-11-30)40(34-16-26(6)38(44)20-23(34)3)35-17-27(7)41(45)29(9)28(35)8/h10-20,39-40,42-45H,1-9H3. The topological polar surface area (TPSA) is 80.9 Å². The highest BCUT2D eigenvalue weighted by atomic mass is 16.3. The normalized spacial score (nSPS) is 12.1. The first-order valence-electron chi connectivity index (χ1n) is 15.5. The molecule has 0 aromatic heterocycles. The maximum absolute atomic E-state index is 10.7. The van der Waals surface area contributed by atoms with Gasteiger partial charge in [0.2, 0.25) is 0 Å². The van der Waals surface area contributed by atoms with Crippen molar-refractivity contribution in [1.29, 1.82) is 0 Å². The number of phenolic OH excluding ortho intramolecular Hbond substituents is 4. The molecule has 4 N–H and O–H groups in total. The van der Waals surface area contributed by atoms with Crippen LogP contribution in [0.3, 0.4) is 0 Å². The first kappa shape index (κ1) is 31.7. The molecule has 4 nitrogen and oxygen atoms in total. The molecule has 0 aliphatic carbocycles. The summed E-state index contributed by atoms with van der Waals surface area (Å²) in [6, 6.07) is 22.6. The van der Waals surface area contributed by atoms with E-state index in [1.807, 2.05) is 73.6 Å². The zero-order valence-electron chi connectivity index (χ0n) is 27.8. The Kier molecular flexibility index (Phi) is 8.46. The van der Waals surface area contributed by atoms with Crippen LogP contribution in [0.15, 0.2) is 66.7 Å². The second-order valence-electron chi connectivity index (χ2n) is 12.9. The van der Waals surface area contributed by atoms with E-state index in [9.17, 15) is 20.4 Å². The molecular formula is C41H44O4. The third-order valence-corrected chi connectivity index (χ3v) is 9.70. The van der Waals surface area contributed by atoms with Crippen molar-refractivity contribution in [3.8, 4) is 23.0 Å². The van der Waals surface area contributed by atoms with Crippen LogP contribution in [0.2, 0.25) is 0 Å². The number of aromatic hydroxyl groups is 4. The highest BCUT2D eigenvalue weighted by molar-refractivity contribution is 5.59. The van der Waals surface area contributed by atoms with Gasteiger partial charge in [-0.2, -0.15) is 0 Å². The van der Waals surface area contributed by atoms with Crippen molar-refractivity contribution in [3.05, 3.63) is 150 Å². The van der Waals surface area contributed by atoms with Gasteiger partial charge >= 0.3 is 0 Å². The predicted octanol–water partition coefficient (Wildman–Crippen LogP) is 9.65. The van der Waals surface area contributed by atoms with Crippen molar-refractivity contribution in [2.24, 2.45) is 0 Å². The van der Waals surface area contributed by atoms with Crippen molar-refractivity contribution in [1.82, 2.24) is 0 Å². The SMILES string of the molecule is Cc1cc(C(c2ccc(C(c3cc(C)c(O)cc3C)c3cc(C)c(O)c(C)c3C)cc2)c2cc(C)c(O)cc2C)c(C)cc1O. The Hall–Kier alpha value is -4.70. The number of hydrogen-bond donors (Lipinski definition) is 4. The van der Waals surface area contributed by atoms with E-state index < -0.39 is 0 Å². The Morgan fingerprint density at radius 1 is 0.356 bits per heavy atom. The van der Waals surface area contributed by atoms with Gasteiger partial charge in [-0.3, -0.25) is 0 Å². The summed E-state index contributed by atoms with van der Waals surface area (Å²) < 4.78 is 0. The fraction of sp³-hybridized carbons (Fsp3) is 0.268. The first-order valence-corrected chi connectivity index (χ1v) is 15.5. The molecular weight excluding hydrogens is 556 g/mol. The molecule has 0 bridgehead atoms. The van der Waals surface area contributed by atoms with Crippen LogP contribution in [0.4, 0.5) is 0 Å². The summed E-state index contributed by atoms with van der Waals surface area (Å²) in [6.07, 6.45) is 0. The van der Waals surface area contributed by atoms with E-state index in [2.05, 4.69) is 55.5 Å². The minimum Gasteiger partial charge on any atom is -0.508 e. The molecule has 5 aromatic rings. The van der Waals surface area contributed by atoms with Crippen molar-refractivity contribution in [2.75, 3.05) is 0 Å². The molecule has 1 unspecified atom stereocenters. The second-order valence-corrected chi connectivity index (χ2v) is 12.9. The number of aryl methyl sites for hydroxylation is 7. The van der Waals surface area contributed by atoms with Crippen LogP contribution in [0.25, 0.3) is 0 Å². The molecule has 0 spiro atoms. The molecule has 5 aromatic carbocycles. The van der Waals surface area contributed by atoms with Gasteiger partial charge in [-0.15, -0.1) is 0 Å². The average molecular weight is 601 g/mol. The molecule has 0 saturated heterocycles. The lowest BCUT2D eigenvalue weighted by Gasteiger charge is -2.27. The number of benzene rings is 5. The summed E-state index contributed by atoms with van der Waals surface area (Å²) in [4.78, 5) is 0. The Bertz CT molecular complexity index is 1870. The molecule has 0 aliphatic rings. The Labute approximate surface area is 267 Å². The van der Waals surface area contributed by atoms with Crippen molar-refractivity contribution < 1.29 is 20.4 Å². The first-order chi connectivity index (χ1) is 21.2. The highest BCUT2D eigenvalue weighted by Crippen LogP contribution is 2.43. The van der Waals surface area contributed by atoms with Gasteiger partial charge < -0.3 is 20.4 Å². The van der Waals surface area contributed by atoms with Crippen LogP contribution in [0.5, 0.6) is 23.0 Å². The fourth-order valence-corrected chi connectivity index (χ4v) is 6.74. The molecule has 0 heterocycles. The molecule has 4 heteroatoms. The van der Waals surface area contributed by atoms with Crippen molar-refractivity contribution in [3.63, 3.8) is 0 Å². The van der Waals surface area contributed by atoms with Gasteiger partial charge in [0.05, 0.1) is 0 Å². The minimum absolute atomic E-state index is 0.117. The van der Waals surface area contributed by atoms with Crippen molar-refractivity contribution >= 4 is 0 Å². The third kappa shape index (κ3) is 5.78. The maximum Gasteiger partial charge on any atom is 0.121 e. The van der Waals surface area contributed by atoms with Crippen molar-refractivity contribution in [2.45, 2.75) is 74.1 Å². The van der Waals surface area contributed by atoms with Crippen LogP contribution in [-0.4, -0.2) is 20.4 Å². The van der Waals surface area contributed by atoms with E-state index in [-0.39, 0.29) is 29.1 Å². The molecule has 232 valence electrons. The van der Waals surface area contributed by atoms with Gasteiger partial charge in [0.25, 0.3) is 0 Å². The summed E-state index contributed by atoms with van der Waals surface area (Å²) in [7, 11) is 0. The molecule has 0 aliphatic heterocycles. The van der Waals surface area contributed by atoms with Gasteiger partial charge in [0.15, 0.2) is 0 Å². The fourth-order valence-electron chi connectivity index (χ4n) is 6.74. The van der Waals surface area contributed by atoms with E-state index >= 15 is 0 Å². The van der Waals surface area contributed by atoms with Gasteiger partial charge in [-0.1, -0.05) is 48.5 Å². The van der Waals surface area contributed by atoms with Crippen LogP contribution in [-0.2, 0) is 0 Å². The lowest BCUT2D eigenvalue weighted by Crippen LogP contribution is -2.11. The lowest BCUT2D eigenvalue weighted by atomic mass is 9.77. The van der Waals surface area contributed by atoms with E-state index in [1.165, 1.54) is 0 Å². The molecule has 0 fully saturated rings. The Morgan fingerprint density at radius 2 is 0.667 bits per heavy atom. The van der Waals surface area contributed by atoms with Crippen LogP contribution in [0, 0.1) is 62.3 Å². The summed E-state index contributed by atoms with van der Waals surface area (Å²) >= 11 is 0. The number of phenols is 4. The number of rotatable bonds is 6. The average Bonchev–Trinajstić information content (AvgIpc) is 2.99. The monoisotopic (exact) mass is 600 g/mol. The Morgan fingerprint density at radius 3 is 1.02 bits per heavy atom. The molecule has 0 amide bonds. The molecule has 0 saturated carbocycles. The van der Waals surface area contributed by atoms with Gasteiger partial charge in [-0.05, 0) is 164 Å². The Balaban J connectivity index is 1.74.